The van der Waals surface area contributed by atoms with Crippen molar-refractivity contribution in [2.45, 2.75) is 53.1 Å². The molecule has 0 amide bonds. The first kappa shape index (κ1) is 23.6. The summed E-state index contributed by atoms with van der Waals surface area (Å²) in [6, 6.07) is 13.8. The second kappa shape index (κ2) is 12.1. The number of rotatable bonds is 8. The van der Waals surface area contributed by atoms with Crippen LogP contribution in [-0.4, -0.2) is 25.7 Å². The third kappa shape index (κ3) is 6.93. The van der Waals surface area contributed by atoms with Crippen LogP contribution in [0.2, 0.25) is 0 Å². The maximum absolute atomic E-state index is 11.1. The van der Waals surface area contributed by atoms with Gasteiger partial charge < -0.3 is 14.9 Å². The van der Waals surface area contributed by atoms with E-state index in [-0.39, 0.29) is 5.78 Å². The van der Waals surface area contributed by atoms with E-state index in [0.29, 0.717) is 5.71 Å². The molecular formula is C24H33NO3. The first-order chi connectivity index (χ1) is 13.4. The summed E-state index contributed by atoms with van der Waals surface area (Å²) >= 11 is 0. The molecule has 0 fully saturated rings. The highest BCUT2D eigenvalue weighted by molar-refractivity contribution is 5.98. The third-order valence-electron chi connectivity index (χ3n) is 4.50. The van der Waals surface area contributed by atoms with E-state index in [9.17, 15) is 4.79 Å². The van der Waals surface area contributed by atoms with Gasteiger partial charge >= 0.3 is 0 Å². The largest absolute Gasteiger partial charge is 0.496 e. The Balaban J connectivity index is 0.000000283. The lowest BCUT2D eigenvalue weighted by Gasteiger charge is -2.11. The van der Waals surface area contributed by atoms with E-state index in [0.717, 1.165) is 36.1 Å². The molecule has 4 nitrogen and oxygen atoms in total. The lowest BCUT2D eigenvalue weighted by Crippen LogP contribution is -2.10. The van der Waals surface area contributed by atoms with Gasteiger partial charge in [-0.1, -0.05) is 62.2 Å². The van der Waals surface area contributed by atoms with Crippen molar-refractivity contribution in [2.24, 2.45) is 0 Å². The molecule has 0 bridgehead atoms. The van der Waals surface area contributed by atoms with Crippen LogP contribution >= 0.6 is 0 Å². The van der Waals surface area contributed by atoms with E-state index < -0.39 is 6.10 Å². The predicted molar refractivity (Wildman–Crippen MR) is 116 cm³/mol. The molecule has 0 aliphatic heterocycles. The lowest BCUT2D eigenvalue weighted by molar-refractivity contribution is -0.126. The minimum Gasteiger partial charge on any atom is -0.496 e. The third-order valence-corrected chi connectivity index (χ3v) is 4.50. The molecule has 0 radical (unpaired) electrons. The van der Waals surface area contributed by atoms with Crippen molar-refractivity contribution in [3.63, 3.8) is 0 Å². The number of hydrogen-bond acceptors (Lipinski definition) is 4. The molecule has 0 aromatic heterocycles. The van der Waals surface area contributed by atoms with Gasteiger partial charge in [0.15, 0.2) is 5.78 Å². The summed E-state index contributed by atoms with van der Waals surface area (Å²) in [4.78, 5) is 11.1. The van der Waals surface area contributed by atoms with Gasteiger partial charge in [0.2, 0.25) is 0 Å². The van der Waals surface area contributed by atoms with Crippen LogP contribution in [-0.2, 0) is 16.0 Å². The minimum atomic E-state index is -0.416. The van der Waals surface area contributed by atoms with Crippen LogP contribution in [0, 0.1) is 12.3 Å². The fraction of sp³-hybridized carbons (Fsp3) is 0.417. The number of Topliss-reactive ketones (excluding diaryl/α,β-unsaturated/α-hetero) is 1. The van der Waals surface area contributed by atoms with Crippen molar-refractivity contribution >= 4 is 11.5 Å². The predicted octanol–water partition coefficient (Wildman–Crippen LogP) is 5.70. The summed E-state index contributed by atoms with van der Waals surface area (Å²) in [5, 5.41) is 7.87. The zero-order valence-electron chi connectivity index (χ0n) is 18.0. The monoisotopic (exact) mass is 383 g/mol. The number of ketones is 1. The Labute approximate surface area is 169 Å². The minimum absolute atomic E-state index is 0.0337. The van der Waals surface area contributed by atoms with Crippen molar-refractivity contribution < 1.29 is 14.3 Å². The molecule has 152 valence electrons. The molecule has 0 saturated heterocycles. The van der Waals surface area contributed by atoms with Crippen LogP contribution in [0.5, 0.6) is 5.75 Å². The van der Waals surface area contributed by atoms with Gasteiger partial charge in [0.05, 0.1) is 7.11 Å². The van der Waals surface area contributed by atoms with Crippen molar-refractivity contribution in [1.82, 2.24) is 0 Å². The molecule has 2 rings (SSSR count). The van der Waals surface area contributed by atoms with Crippen LogP contribution < -0.4 is 4.74 Å². The average Bonchev–Trinajstić information content (AvgIpc) is 2.69. The van der Waals surface area contributed by atoms with Gasteiger partial charge in [-0.2, -0.15) is 0 Å². The second-order valence-electron chi connectivity index (χ2n) is 6.75. The fourth-order valence-electron chi connectivity index (χ4n) is 2.90. The molecule has 2 aromatic rings. The maximum atomic E-state index is 11.1. The number of ether oxygens (including phenoxy) is 2. The summed E-state index contributed by atoms with van der Waals surface area (Å²) < 4.78 is 10.4. The normalized spacial score (nSPS) is 11.2. The van der Waals surface area contributed by atoms with Crippen molar-refractivity contribution in [3.8, 4) is 5.75 Å². The standard InChI is InChI=1S/C13H19NO.C11H14O2/c1-4-6-12(14)11-8-7-10(5-2)13(9-11)15-3;1-8-4-6-10(7-5-8)11(13-3)9(2)12/h7-9,14H,4-6H2,1-3H3;4-7,11H,1-3H3. The number of carbonyl (C=O) groups excluding carboxylic acids is 1. The topological polar surface area (TPSA) is 59.4 Å². The van der Waals surface area contributed by atoms with Gasteiger partial charge in [0.1, 0.15) is 11.9 Å². The number of methoxy groups -OCH3 is 2. The molecule has 1 atom stereocenters. The summed E-state index contributed by atoms with van der Waals surface area (Å²) in [6.45, 7) is 7.74. The van der Waals surface area contributed by atoms with Crippen LogP contribution in [0.4, 0.5) is 0 Å². The van der Waals surface area contributed by atoms with Crippen LogP contribution in [0.3, 0.4) is 0 Å². The highest BCUT2D eigenvalue weighted by atomic mass is 16.5. The maximum Gasteiger partial charge on any atom is 0.163 e. The molecule has 0 aliphatic carbocycles. The molecule has 0 saturated carbocycles. The first-order valence-corrected chi connectivity index (χ1v) is 9.72. The molecule has 1 N–H and O–H groups in total. The fourth-order valence-corrected chi connectivity index (χ4v) is 2.90. The zero-order chi connectivity index (χ0) is 21.1. The Hall–Kier alpha value is -2.46. The van der Waals surface area contributed by atoms with E-state index >= 15 is 0 Å². The number of hydrogen-bond donors (Lipinski definition) is 1. The average molecular weight is 384 g/mol. The number of carbonyl (C=O) groups is 1. The van der Waals surface area contributed by atoms with E-state index in [1.165, 1.54) is 18.1 Å². The molecule has 0 spiro atoms. The first-order valence-electron chi connectivity index (χ1n) is 9.72. The zero-order valence-corrected chi connectivity index (χ0v) is 18.0. The smallest absolute Gasteiger partial charge is 0.163 e. The number of nitrogens with one attached hydrogen (secondary N) is 1. The van der Waals surface area contributed by atoms with Crippen LogP contribution in [0.15, 0.2) is 42.5 Å². The van der Waals surface area contributed by atoms with Gasteiger partial charge in [-0.25, -0.2) is 0 Å². The highest BCUT2D eigenvalue weighted by Crippen LogP contribution is 2.21. The Morgan fingerprint density at radius 1 is 1.07 bits per heavy atom. The lowest BCUT2D eigenvalue weighted by atomic mass is 10.0. The quantitative estimate of drug-likeness (QED) is 0.595. The van der Waals surface area contributed by atoms with Gasteiger partial charge in [-0.15, -0.1) is 0 Å². The van der Waals surface area contributed by atoms with Gasteiger partial charge in [0.25, 0.3) is 0 Å². The molecule has 0 heterocycles. The SMILES string of the molecule is CCCC(=N)c1ccc(CC)c(OC)c1.COC(C(C)=O)c1ccc(C)cc1. The van der Waals surface area contributed by atoms with E-state index in [1.807, 2.05) is 43.3 Å². The van der Waals surface area contributed by atoms with Crippen molar-refractivity contribution in [3.05, 3.63) is 64.7 Å². The van der Waals surface area contributed by atoms with Gasteiger partial charge in [-0.3, -0.25) is 4.79 Å². The van der Waals surface area contributed by atoms with Gasteiger partial charge in [0, 0.05) is 12.8 Å². The Morgan fingerprint density at radius 2 is 1.71 bits per heavy atom. The van der Waals surface area contributed by atoms with Gasteiger partial charge in [-0.05, 0) is 49.4 Å². The van der Waals surface area contributed by atoms with Crippen molar-refractivity contribution in [1.29, 1.82) is 5.41 Å². The second-order valence-corrected chi connectivity index (χ2v) is 6.75. The van der Waals surface area contributed by atoms with E-state index in [2.05, 4.69) is 19.9 Å². The number of aryl methyl sites for hydroxylation is 2. The summed E-state index contributed by atoms with van der Waals surface area (Å²) in [5.74, 6) is 0.933. The molecule has 4 heteroatoms. The Kier molecular flexibility index (Phi) is 10.2. The van der Waals surface area contributed by atoms with Crippen molar-refractivity contribution in [2.75, 3.05) is 14.2 Å². The Bertz CT molecular complexity index is 766. The van der Waals surface area contributed by atoms with E-state index in [1.54, 1.807) is 14.2 Å². The number of benzene rings is 2. The molecule has 0 aliphatic rings. The molecular weight excluding hydrogens is 350 g/mol. The summed E-state index contributed by atoms with van der Waals surface area (Å²) in [5.41, 5.74) is 4.97. The Morgan fingerprint density at radius 3 is 2.18 bits per heavy atom. The summed E-state index contributed by atoms with van der Waals surface area (Å²) in [7, 11) is 3.23. The molecule has 1 unspecified atom stereocenters. The highest BCUT2D eigenvalue weighted by Gasteiger charge is 2.14. The van der Waals surface area contributed by atoms with Crippen LogP contribution in [0.1, 0.15) is 62.0 Å². The molecule has 2 aromatic carbocycles. The molecule has 28 heavy (non-hydrogen) atoms. The van der Waals surface area contributed by atoms with Crippen LogP contribution in [0.25, 0.3) is 0 Å². The van der Waals surface area contributed by atoms with E-state index in [4.69, 9.17) is 14.9 Å². The summed E-state index contributed by atoms with van der Waals surface area (Å²) in [6.07, 6.45) is 2.39.